The fourth-order valence-electron chi connectivity index (χ4n) is 1.07. The van der Waals surface area contributed by atoms with Gasteiger partial charge < -0.3 is 10.8 Å². The first-order valence-electron chi connectivity index (χ1n) is 4.72. The SMILES string of the molecule is [2H]C(Cl)c1ccc(C[C@H](N)C(=O)O)cc1. The van der Waals surface area contributed by atoms with Gasteiger partial charge >= 0.3 is 5.97 Å². The second-order valence-corrected chi connectivity index (χ2v) is 3.22. The van der Waals surface area contributed by atoms with Crippen molar-refractivity contribution in [1.82, 2.24) is 0 Å². The van der Waals surface area contributed by atoms with Crippen molar-refractivity contribution in [1.29, 1.82) is 0 Å². The molecule has 0 aliphatic heterocycles. The lowest BCUT2D eigenvalue weighted by atomic mass is 10.1. The molecule has 0 heterocycles. The summed E-state index contributed by atoms with van der Waals surface area (Å²) in [6.07, 6.45) is 0.278. The van der Waals surface area contributed by atoms with Crippen LogP contribution in [0.3, 0.4) is 0 Å². The monoisotopic (exact) mass is 214 g/mol. The molecule has 1 unspecified atom stereocenters. The van der Waals surface area contributed by atoms with Gasteiger partial charge in [-0.1, -0.05) is 24.3 Å². The number of rotatable bonds is 4. The Kier molecular flexibility index (Phi) is 3.38. The van der Waals surface area contributed by atoms with Crippen LogP contribution in [0.5, 0.6) is 0 Å². The van der Waals surface area contributed by atoms with Crippen LogP contribution in [0.2, 0.25) is 0 Å². The first-order chi connectivity index (χ1) is 7.00. The number of aliphatic carboxylic acids is 1. The first kappa shape index (κ1) is 9.49. The van der Waals surface area contributed by atoms with Gasteiger partial charge in [0.1, 0.15) is 6.04 Å². The average molecular weight is 215 g/mol. The molecule has 0 saturated heterocycles. The fraction of sp³-hybridized carbons (Fsp3) is 0.300. The van der Waals surface area contributed by atoms with Crippen LogP contribution < -0.4 is 5.73 Å². The predicted octanol–water partition coefficient (Wildman–Crippen LogP) is 1.38. The molecule has 0 fully saturated rings. The number of halogens is 1. The predicted molar refractivity (Wildman–Crippen MR) is 55.3 cm³/mol. The van der Waals surface area contributed by atoms with Crippen molar-refractivity contribution in [2.24, 2.45) is 5.73 Å². The molecule has 0 saturated carbocycles. The maximum Gasteiger partial charge on any atom is 0.320 e. The molecule has 1 aromatic carbocycles. The van der Waals surface area contributed by atoms with E-state index in [0.29, 0.717) is 5.56 Å². The Morgan fingerprint density at radius 3 is 2.43 bits per heavy atom. The van der Waals surface area contributed by atoms with E-state index in [9.17, 15) is 4.79 Å². The molecular formula is C10H12ClNO2. The molecular weight excluding hydrogens is 202 g/mol. The zero-order chi connectivity index (χ0) is 11.4. The standard InChI is InChI=1S/C10H12ClNO2/c11-6-8-3-1-7(2-4-8)5-9(12)10(13)14/h1-4,9H,5-6,12H2,(H,13,14)/t9-/m0/s1/i6D/t6?,9-. The lowest BCUT2D eigenvalue weighted by Crippen LogP contribution is -2.32. The number of alkyl halides is 1. The molecule has 76 valence electrons. The Morgan fingerprint density at radius 2 is 2.00 bits per heavy atom. The summed E-state index contributed by atoms with van der Waals surface area (Å²) in [4.78, 5) is 10.5. The van der Waals surface area contributed by atoms with Gasteiger partial charge in [0.05, 0.1) is 0 Å². The van der Waals surface area contributed by atoms with Crippen LogP contribution in [-0.2, 0) is 17.1 Å². The molecule has 1 aromatic rings. The maximum absolute atomic E-state index is 10.5. The summed E-state index contributed by atoms with van der Waals surface area (Å²) in [7, 11) is 0. The Balaban J connectivity index is 2.68. The summed E-state index contributed by atoms with van der Waals surface area (Å²) < 4.78 is 7.25. The number of hydrogen-bond donors (Lipinski definition) is 2. The zero-order valence-electron chi connectivity index (χ0n) is 8.48. The van der Waals surface area contributed by atoms with E-state index in [1.54, 1.807) is 24.3 Å². The van der Waals surface area contributed by atoms with Crippen LogP contribution in [0.1, 0.15) is 12.5 Å². The molecule has 0 amide bonds. The minimum absolute atomic E-state index is 0.278. The Labute approximate surface area is 88.9 Å². The molecule has 0 aliphatic carbocycles. The van der Waals surface area contributed by atoms with Crippen LogP contribution >= 0.6 is 11.6 Å². The van der Waals surface area contributed by atoms with Gasteiger partial charge in [-0.2, -0.15) is 0 Å². The number of nitrogens with two attached hydrogens (primary N) is 1. The third-order valence-electron chi connectivity index (χ3n) is 1.88. The summed E-state index contributed by atoms with van der Waals surface area (Å²) in [6, 6.07) is 5.99. The van der Waals surface area contributed by atoms with Gasteiger partial charge in [-0.25, -0.2) is 0 Å². The van der Waals surface area contributed by atoms with E-state index in [0.717, 1.165) is 5.56 Å². The van der Waals surface area contributed by atoms with Crippen LogP contribution in [0.4, 0.5) is 0 Å². The molecule has 14 heavy (non-hydrogen) atoms. The van der Waals surface area contributed by atoms with Crippen molar-refractivity contribution in [3.05, 3.63) is 35.4 Å². The van der Waals surface area contributed by atoms with Gasteiger partial charge in [0.2, 0.25) is 0 Å². The molecule has 0 aliphatic rings. The van der Waals surface area contributed by atoms with Crippen molar-refractivity contribution in [3.8, 4) is 0 Å². The number of carboxylic acids is 1. The van der Waals surface area contributed by atoms with Crippen LogP contribution in [0.15, 0.2) is 24.3 Å². The molecule has 2 atom stereocenters. The lowest BCUT2D eigenvalue weighted by molar-refractivity contribution is -0.138. The van der Waals surface area contributed by atoms with Gasteiger partial charge in [0, 0.05) is 7.23 Å². The summed E-state index contributed by atoms with van der Waals surface area (Å²) in [5, 5.41) is 8.61. The largest absolute Gasteiger partial charge is 0.480 e. The van der Waals surface area contributed by atoms with Gasteiger partial charge in [0.25, 0.3) is 0 Å². The molecule has 4 heteroatoms. The van der Waals surface area contributed by atoms with E-state index in [1.807, 2.05) is 0 Å². The highest BCUT2D eigenvalue weighted by atomic mass is 35.5. The fourth-order valence-corrected chi connectivity index (χ4v) is 1.21. The molecule has 3 nitrogen and oxygen atoms in total. The van der Waals surface area contributed by atoms with Crippen LogP contribution in [0, 0.1) is 0 Å². The van der Waals surface area contributed by atoms with Crippen molar-refractivity contribution in [2.75, 3.05) is 0 Å². The molecule has 0 radical (unpaired) electrons. The highest BCUT2D eigenvalue weighted by molar-refractivity contribution is 6.17. The second kappa shape index (κ2) is 4.98. The Morgan fingerprint density at radius 1 is 1.50 bits per heavy atom. The maximum atomic E-state index is 10.5. The van der Waals surface area contributed by atoms with Crippen molar-refractivity contribution in [3.63, 3.8) is 0 Å². The van der Waals surface area contributed by atoms with E-state index in [2.05, 4.69) is 0 Å². The van der Waals surface area contributed by atoms with Gasteiger partial charge in [-0.05, 0) is 17.5 Å². The Bertz CT molecular complexity index is 340. The molecule has 3 N–H and O–H groups in total. The van der Waals surface area contributed by atoms with E-state index in [-0.39, 0.29) is 6.42 Å². The quantitative estimate of drug-likeness (QED) is 0.745. The zero-order valence-corrected chi connectivity index (χ0v) is 8.24. The summed E-state index contributed by atoms with van der Waals surface area (Å²) in [6.45, 7) is 0. The minimum atomic E-state index is -1.02. The number of carboxylic acid groups (broad SMARTS) is 1. The molecule has 0 aromatic heterocycles. The summed E-state index contributed by atoms with van der Waals surface area (Å²) >= 11 is 5.56. The van der Waals surface area contributed by atoms with E-state index in [4.69, 9.17) is 23.8 Å². The van der Waals surface area contributed by atoms with Gasteiger partial charge in [-0.15, -0.1) is 11.6 Å². The Hall–Kier alpha value is -1.06. The average Bonchev–Trinajstić information content (AvgIpc) is 2.18. The smallest absolute Gasteiger partial charge is 0.320 e. The third-order valence-corrected chi connectivity index (χ3v) is 2.13. The lowest BCUT2D eigenvalue weighted by Gasteiger charge is -2.06. The third kappa shape index (κ3) is 3.01. The highest BCUT2D eigenvalue weighted by Gasteiger charge is 2.11. The molecule has 1 rings (SSSR count). The van der Waals surface area contributed by atoms with Crippen molar-refractivity contribution >= 4 is 17.6 Å². The van der Waals surface area contributed by atoms with E-state index >= 15 is 0 Å². The molecule has 0 spiro atoms. The highest BCUT2D eigenvalue weighted by Crippen LogP contribution is 2.08. The van der Waals surface area contributed by atoms with E-state index < -0.39 is 17.9 Å². The minimum Gasteiger partial charge on any atom is -0.480 e. The number of hydrogen-bond acceptors (Lipinski definition) is 2. The van der Waals surface area contributed by atoms with Crippen LogP contribution in [-0.4, -0.2) is 17.1 Å². The van der Waals surface area contributed by atoms with Crippen LogP contribution in [0.25, 0.3) is 0 Å². The van der Waals surface area contributed by atoms with E-state index in [1.165, 1.54) is 0 Å². The van der Waals surface area contributed by atoms with Gasteiger partial charge in [0.15, 0.2) is 0 Å². The number of benzene rings is 1. The van der Waals surface area contributed by atoms with Gasteiger partial charge in [-0.3, -0.25) is 4.79 Å². The normalized spacial score (nSPS) is 15.7. The number of carbonyl (C=O) groups is 1. The topological polar surface area (TPSA) is 63.3 Å². The van der Waals surface area contributed by atoms with Crippen molar-refractivity contribution in [2.45, 2.75) is 18.3 Å². The van der Waals surface area contributed by atoms with Crippen molar-refractivity contribution < 1.29 is 11.3 Å². The molecule has 0 bridgehead atoms. The summed E-state index contributed by atoms with van der Waals surface area (Å²) in [5.41, 5.74) is 6.89. The summed E-state index contributed by atoms with van der Waals surface area (Å²) in [5.74, 6) is -1.80. The first-order valence-corrected chi connectivity index (χ1v) is 4.58. The second-order valence-electron chi connectivity index (χ2n) is 3.00.